The molecule has 1 aromatic carbocycles. The van der Waals surface area contributed by atoms with Crippen LogP contribution in [-0.2, 0) is 12.8 Å². The average Bonchev–Trinajstić information content (AvgIpc) is 2.80. The molecule has 0 amide bonds. The van der Waals surface area contributed by atoms with Gasteiger partial charge < -0.3 is 5.32 Å². The molecular weight excluding hydrogens is 274 g/mol. The standard InChI is InChI=1S/C16H22ClNS/c1-19-16-5-3-2-4-15(16)18-14-9-11-6-7-13(17)8-12(11)10-14/h6-8,14-16,18H,2-5,9-10H2,1H3. The molecule has 0 aliphatic heterocycles. The second-order valence-corrected chi connectivity index (χ2v) is 7.36. The van der Waals surface area contributed by atoms with E-state index in [-0.39, 0.29) is 0 Å². The summed E-state index contributed by atoms with van der Waals surface area (Å²) in [5, 5.41) is 5.60. The second-order valence-electron chi connectivity index (χ2n) is 5.85. The van der Waals surface area contributed by atoms with E-state index >= 15 is 0 Å². The van der Waals surface area contributed by atoms with Crippen molar-refractivity contribution in [2.45, 2.75) is 55.9 Å². The van der Waals surface area contributed by atoms with E-state index < -0.39 is 0 Å². The normalized spacial score (nSPS) is 30.3. The summed E-state index contributed by atoms with van der Waals surface area (Å²) in [6, 6.07) is 7.69. The lowest BCUT2D eigenvalue weighted by Gasteiger charge is -2.33. The first-order valence-corrected chi connectivity index (χ1v) is 8.99. The molecule has 0 aromatic heterocycles. The molecule has 0 heterocycles. The third-order valence-corrected chi connectivity index (χ3v) is 5.96. The van der Waals surface area contributed by atoms with E-state index in [0.29, 0.717) is 12.1 Å². The third kappa shape index (κ3) is 3.12. The van der Waals surface area contributed by atoms with Crippen molar-refractivity contribution in [3.8, 4) is 0 Å². The predicted molar refractivity (Wildman–Crippen MR) is 85.3 cm³/mol. The molecule has 1 aromatic rings. The Morgan fingerprint density at radius 1 is 1.16 bits per heavy atom. The molecule has 2 aliphatic rings. The van der Waals surface area contributed by atoms with Crippen LogP contribution in [0, 0.1) is 0 Å². The maximum Gasteiger partial charge on any atom is 0.0408 e. The highest BCUT2D eigenvalue weighted by Gasteiger charge is 2.29. The van der Waals surface area contributed by atoms with Crippen LogP contribution in [0.5, 0.6) is 0 Å². The molecule has 2 aliphatic carbocycles. The van der Waals surface area contributed by atoms with Crippen molar-refractivity contribution in [3.63, 3.8) is 0 Å². The van der Waals surface area contributed by atoms with E-state index in [1.165, 1.54) is 43.2 Å². The molecule has 1 N–H and O–H groups in total. The highest BCUT2D eigenvalue weighted by atomic mass is 35.5. The number of fused-ring (bicyclic) bond motifs is 1. The Kier molecular flexibility index (Phi) is 4.40. The topological polar surface area (TPSA) is 12.0 Å². The molecule has 104 valence electrons. The van der Waals surface area contributed by atoms with Crippen LogP contribution in [0.25, 0.3) is 0 Å². The molecule has 1 saturated carbocycles. The highest BCUT2D eigenvalue weighted by Crippen LogP contribution is 2.30. The van der Waals surface area contributed by atoms with Gasteiger partial charge >= 0.3 is 0 Å². The molecule has 3 unspecified atom stereocenters. The van der Waals surface area contributed by atoms with E-state index in [2.05, 4.69) is 23.7 Å². The monoisotopic (exact) mass is 295 g/mol. The van der Waals surface area contributed by atoms with Crippen molar-refractivity contribution in [1.29, 1.82) is 0 Å². The van der Waals surface area contributed by atoms with Gasteiger partial charge in [-0.05, 0) is 55.2 Å². The predicted octanol–water partition coefficient (Wildman–Crippen LogP) is 4.07. The van der Waals surface area contributed by atoms with Gasteiger partial charge in [-0.3, -0.25) is 0 Å². The lowest BCUT2D eigenvalue weighted by atomic mass is 9.94. The van der Waals surface area contributed by atoms with Gasteiger partial charge in [-0.25, -0.2) is 0 Å². The van der Waals surface area contributed by atoms with Crippen molar-refractivity contribution in [2.24, 2.45) is 0 Å². The Balaban J connectivity index is 1.63. The van der Waals surface area contributed by atoms with Crippen molar-refractivity contribution in [1.82, 2.24) is 5.32 Å². The van der Waals surface area contributed by atoms with Crippen LogP contribution >= 0.6 is 23.4 Å². The van der Waals surface area contributed by atoms with E-state index in [0.717, 1.165) is 16.7 Å². The van der Waals surface area contributed by atoms with Gasteiger partial charge in [0.15, 0.2) is 0 Å². The summed E-state index contributed by atoms with van der Waals surface area (Å²) in [6.45, 7) is 0. The first kappa shape index (κ1) is 13.8. The van der Waals surface area contributed by atoms with Crippen LogP contribution in [-0.4, -0.2) is 23.6 Å². The summed E-state index contributed by atoms with van der Waals surface area (Å²) in [6.07, 6.45) is 10.1. The van der Waals surface area contributed by atoms with Crippen molar-refractivity contribution in [2.75, 3.05) is 6.26 Å². The van der Waals surface area contributed by atoms with Crippen LogP contribution in [0.15, 0.2) is 18.2 Å². The molecule has 0 saturated heterocycles. The number of hydrogen-bond donors (Lipinski definition) is 1. The summed E-state index contributed by atoms with van der Waals surface area (Å²) in [5.41, 5.74) is 2.93. The molecule has 1 nitrogen and oxygen atoms in total. The maximum absolute atomic E-state index is 6.08. The van der Waals surface area contributed by atoms with Gasteiger partial charge in [0.25, 0.3) is 0 Å². The summed E-state index contributed by atoms with van der Waals surface area (Å²) in [7, 11) is 0. The fourth-order valence-corrected chi connectivity index (χ4v) is 4.72. The molecule has 0 radical (unpaired) electrons. The van der Waals surface area contributed by atoms with Gasteiger partial charge in [-0.2, -0.15) is 11.8 Å². The third-order valence-electron chi connectivity index (χ3n) is 4.56. The van der Waals surface area contributed by atoms with Gasteiger partial charge in [0.2, 0.25) is 0 Å². The Bertz CT molecular complexity index is 448. The number of benzene rings is 1. The highest BCUT2D eigenvalue weighted by molar-refractivity contribution is 7.99. The molecule has 0 spiro atoms. The van der Waals surface area contributed by atoms with Crippen molar-refractivity contribution in [3.05, 3.63) is 34.3 Å². The van der Waals surface area contributed by atoms with Gasteiger partial charge in [0, 0.05) is 22.4 Å². The molecule has 3 rings (SSSR count). The summed E-state index contributed by atoms with van der Waals surface area (Å²) in [5.74, 6) is 0. The van der Waals surface area contributed by atoms with E-state index in [9.17, 15) is 0 Å². The zero-order valence-corrected chi connectivity index (χ0v) is 13.1. The summed E-state index contributed by atoms with van der Waals surface area (Å²) < 4.78 is 0. The molecule has 3 atom stereocenters. The van der Waals surface area contributed by atoms with E-state index in [4.69, 9.17) is 11.6 Å². The Labute approximate surface area is 125 Å². The number of rotatable bonds is 3. The largest absolute Gasteiger partial charge is 0.309 e. The Morgan fingerprint density at radius 3 is 2.79 bits per heavy atom. The molecular formula is C16H22ClNS. The minimum Gasteiger partial charge on any atom is -0.309 e. The SMILES string of the molecule is CSC1CCCCC1NC1Cc2ccc(Cl)cc2C1. The first-order chi connectivity index (χ1) is 9.26. The Hall–Kier alpha value is -0.180. The first-order valence-electron chi connectivity index (χ1n) is 7.32. The van der Waals surface area contributed by atoms with Gasteiger partial charge in [-0.1, -0.05) is 30.5 Å². The average molecular weight is 296 g/mol. The molecule has 3 heteroatoms. The lowest BCUT2D eigenvalue weighted by Crippen LogP contribution is -2.46. The van der Waals surface area contributed by atoms with Gasteiger partial charge in [-0.15, -0.1) is 0 Å². The van der Waals surface area contributed by atoms with Gasteiger partial charge in [0.05, 0.1) is 0 Å². The number of thioether (sulfide) groups is 1. The summed E-state index contributed by atoms with van der Waals surface area (Å²) in [4.78, 5) is 0. The zero-order valence-electron chi connectivity index (χ0n) is 11.5. The minimum atomic E-state index is 0.617. The van der Waals surface area contributed by atoms with Crippen LogP contribution in [0.3, 0.4) is 0 Å². The van der Waals surface area contributed by atoms with Crippen LogP contribution < -0.4 is 5.32 Å². The quantitative estimate of drug-likeness (QED) is 0.902. The van der Waals surface area contributed by atoms with Crippen molar-refractivity contribution >= 4 is 23.4 Å². The second kappa shape index (κ2) is 6.07. The smallest absolute Gasteiger partial charge is 0.0408 e. The van der Waals surface area contributed by atoms with Crippen LogP contribution in [0.1, 0.15) is 36.8 Å². The fraction of sp³-hybridized carbons (Fsp3) is 0.625. The number of hydrogen-bond acceptors (Lipinski definition) is 2. The molecule has 1 fully saturated rings. The molecule has 0 bridgehead atoms. The van der Waals surface area contributed by atoms with Crippen molar-refractivity contribution < 1.29 is 0 Å². The fourth-order valence-electron chi connectivity index (χ4n) is 3.58. The van der Waals surface area contributed by atoms with Crippen LogP contribution in [0.4, 0.5) is 0 Å². The van der Waals surface area contributed by atoms with E-state index in [1.54, 1.807) is 0 Å². The minimum absolute atomic E-state index is 0.617. The van der Waals surface area contributed by atoms with E-state index in [1.807, 2.05) is 17.8 Å². The summed E-state index contributed by atoms with van der Waals surface area (Å²) >= 11 is 8.12. The maximum atomic E-state index is 6.08. The zero-order chi connectivity index (χ0) is 13.2. The Morgan fingerprint density at radius 2 is 1.95 bits per heavy atom. The lowest BCUT2D eigenvalue weighted by molar-refractivity contribution is 0.348. The number of nitrogens with one attached hydrogen (secondary N) is 1. The van der Waals surface area contributed by atoms with Gasteiger partial charge in [0.1, 0.15) is 0 Å². The number of halogens is 1. The molecule has 19 heavy (non-hydrogen) atoms. The van der Waals surface area contributed by atoms with Crippen LogP contribution in [0.2, 0.25) is 5.02 Å².